The number of thiazole rings is 1. The first-order valence-corrected chi connectivity index (χ1v) is 14.9. The molecule has 4 aromatic carbocycles. The smallest absolute Gasteiger partial charge is 0.257 e. The number of hydrogen-bond acceptors (Lipinski definition) is 5. The zero-order valence-electron chi connectivity index (χ0n) is 20.6. The van der Waals surface area contributed by atoms with Crippen LogP contribution in [0.5, 0.6) is 0 Å². The summed E-state index contributed by atoms with van der Waals surface area (Å²) in [4.78, 5) is 31.6. The molecule has 0 aliphatic heterocycles. The van der Waals surface area contributed by atoms with Gasteiger partial charge in [0.1, 0.15) is 5.25 Å². The minimum absolute atomic E-state index is 0.203. The molecule has 5 rings (SSSR count). The van der Waals surface area contributed by atoms with Crippen molar-refractivity contribution in [3.05, 3.63) is 129 Å². The zero-order chi connectivity index (χ0) is 28.1. The molecular formula is C30H20Cl3N3O2S2. The van der Waals surface area contributed by atoms with E-state index >= 15 is 0 Å². The normalized spacial score (nSPS) is 11.6. The Balaban J connectivity index is 1.30. The Morgan fingerprint density at radius 2 is 1.52 bits per heavy atom. The van der Waals surface area contributed by atoms with Crippen molar-refractivity contribution in [3.63, 3.8) is 0 Å². The van der Waals surface area contributed by atoms with Crippen LogP contribution < -0.4 is 10.6 Å². The second kappa shape index (κ2) is 12.9. The predicted octanol–water partition coefficient (Wildman–Crippen LogP) is 9.49. The molecular weight excluding hydrogens is 605 g/mol. The van der Waals surface area contributed by atoms with Crippen molar-refractivity contribution in [3.8, 4) is 11.3 Å². The van der Waals surface area contributed by atoms with Crippen LogP contribution in [0, 0.1) is 0 Å². The van der Waals surface area contributed by atoms with Gasteiger partial charge < -0.3 is 10.6 Å². The van der Waals surface area contributed by atoms with Gasteiger partial charge in [0, 0.05) is 31.6 Å². The summed E-state index contributed by atoms with van der Waals surface area (Å²) < 4.78 is 0. The van der Waals surface area contributed by atoms with Crippen LogP contribution in [0.25, 0.3) is 11.3 Å². The first-order chi connectivity index (χ1) is 19.4. The minimum atomic E-state index is -0.540. The van der Waals surface area contributed by atoms with Crippen LogP contribution in [0.15, 0.2) is 107 Å². The molecule has 0 fully saturated rings. The van der Waals surface area contributed by atoms with Gasteiger partial charge in [-0.3, -0.25) is 9.59 Å². The summed E-state index contributed by atoms with van der Waals surface area (Å²) in [5.41, 5.74) is 3.27. The Morgan fingerprint density at radius 3 is 2.25 bits per heavy atom. The van der Waals surface area contributed by atoms with E-state index in [4.69, 9.17) is 34.8 Å². The van der Waals surface area contributed by atoms with Crippen LogP contribution in [0.3, 0.4) is 0 Å². The number of aromatic nitrogens is 1. The SMILES string of the molecule is O=C(Nc1ccc(SC(C(=O)Nc2nc(-c3ccccc3Cl)cs2)c2ccccc2)cc1)c1ccc(Cl)cc1Cl. The molecule has 1 aromatic heterocycles. The Morgan fingerprint density at radius 1 is 0.800 bits per heavy atom. The molecule has 0 aliphatic rings. The van der Waals surface area contributed by atoms with E-state index in [-0.39, 0.29) is 16.8 Å². The van der Waals surface area contributed by atoms with E-state index in [0.717, 1.165) is 16.0 Å². The maximum atomic E-state index is 13.5. The van der Waals surface area contributed by atoms with Gasteiger partial charge in [-0.15, -0.1) is 23.1 Å². The highest BCUT2D eigenvalue weighted by Crippen LogP contribution is 2.38. The molecule has 40 heavy (non-hydrogen) atoms. The number of anilines is 2. The third kappa shape index (κ3) is 6.86. The summed E-state index contributed by atoms with van der Waals surface area (Å²) in [6.45, 7) is 0. The number of carbonyl (C=O) groups is 2. The molecule has 5 nitrogen and oxygen atoms in total. The highest BCUT2D eigenvalue weighted by molar-refractivity contribution is 8.00. The van der Waals surface area contributed by atoms with E-state index in [9.17, 15) is 9.59 Å². The van der Waals surface area contributed by atoms with E-state index in [1.165, 1.54) is 29.2 Å². The maximum absolute atomic E-state index is 13.5. The summed E-state index contributed by atoms with van der Waals surface area (Å²) in [5.74, 6) is -0.547. The van der Waals surface area contributed by atoms with Crippen molar-refractivity contribution in [1.29, 1.82) is 0 Å². The number of benzene rings is 4. The van der Waals surface area contributed by atoms with Gasteiger partial charge in [-0.05, 0) is 54.1 Å². The highest BCUT2D eigenvalue weighted by Gasteiger charge is 2.23. The van der Waals surface area contributed by atoms with Crippen molar-refractivity contribution >= 4 is 80.5 Å². The lowest BCUT2D eigenvalue weighted by Gasteiger charge is -2.16. The first-order valence-electron chi connectivity index (χ1n) is 12.0. The lowest BCUT2D eigenvalue weighted by atomic mass is 10.1. The Bertz CT molecular complexity index is 1660. The monoisotopic (exact) mass is 623 g/mol. The van der Waals surface area contributed by atoms with Gasteiger partial charge in [-0.1, -0.05) is 83.3 Å². The molecule has 10 heteroatoms. The first kappa shape index (κ1) is 28.2. The molecule has 0 saturated heterocycles. The molecule has 5 aromatic rings. The van der Waals surface area contributed by atoms with Crippen LogP contribution in [0.4, 0.5) is 10.8 Å². The molecule has 2 amide bonds. The lowest BCUT2D eigenvalue weighted by molar-refractivity contribution is -0.115. The molecule has 1 atom stereocenters. The molecule has 0 spiro atoms. The van der Waals surface area contributed by atoms with Crippen molar-refractivity contribution in [2.75, 3.05) is 10.6 Å². The Labute approximate surface area is 254 Å². The molecule has 0 bridgehead atoms. The summed E-state index contributed by atoms with van der Waals surface area (Å²) in [6, 6.07) is 29.0. The molecule has 0 aliphatic carbocycles. The summed E-state index contributed by atoms with van der Waals surface area (Å²) >= 11 is 21.1. The topological polar surface area (TPSA) is 71.1 Å². The van der Waals surface area contributed by atoms with Gasteiger partial charge in [0.2, 0.25) is 5.91 Å². The molecule has 2 N–H and O–H groups in total. The second-order valence-corrected chi connectivity index (χ2v) is 11.8. The van der Waals surface area contributed by atoms with Crippen LogP contribution in [-0.2, 0) is 4.79 Å². The molecule has 1 heterocycles. The van der Waals surface area contributed by atoms with E-state index < -0.39 is 5.25 Å². The van der Waals surface area contributed by atoms with Crippen LogP contribution in [0.1, 0.15) is 21.2 Å². The summed E-state index contributed by atoms with van der Waals surface area (Å²) in [5, 5.41) is 8.93. The largest absolute Gasteiger partial charge is 0.322 e. The number of carbonyl (C=O) groups excluding carboxylic acids is 2. The maximum Gasteiger partial charge on any atom is 0.257 e. The standard InChI is InChI=1S/C30H20Cl3N3O2S2/c31-19-10-15-23(25(33)16-19)28(37)34-20-11-13-21(14-12-20)40-27(18-6-2-1-3-7-18)29(38)36-30-35-26(17-39-30)22-8-4-5-9-24(22)32/h1-17,27H,(H,34,37)(H,35,36,38). The van der Waals surface area contributed by atoms with Crippen molar-refractivity contribution < 1.29 is 9.59 Å². The van der Waals surface area contributed by atoms with Crippen LogP contribution in [0.2, 0.25) is 15.1 Å². The fourth-order valence-electron chi connectivity index (χ4n) is 3.82. The van der Waals surface area contributed by atoms with Gasteiger partial charge in [0.25, 0.3) is 5.91 Å². The Kier molecular flexibility index (Phi) is 9.09. The third-order valence-corrected chi connectivity index (χ3v) is 8.67. The van der Waals surface area contributed by atoms with Gasteiger partial charge >= 0.3 is 0 Å². The Hall–Kier alpha value is -3.33. The fourth-order valence-corrected chi connectivity index (χ4v) is 6.29. The van der Waals surface area contributed by atoms with Gasteiger partial charge in [0.05, 0.1) is 16.3 Å². The second-order valence-electron chi connectivity index (χ2n) is 8.52. The fraction of sp³-hybridized carbons (Fsp3) is 0.0333. The number of thioether (sulfide) groups is 1. The van der Waals surface area contributed by atoms with Gasteiger partial charge in [0.15, 0.2) is 5.13 Å². The van der Waals surface area contributed by atoms with Crippen molar-refractivity contribution in [2.45, 2.75) is 10.1 Å². The van der Waals surface area contributed by atoms with Gasteiger partial charge in [-0.25, -0.2) is 4.98 Å². The van der Waals surface area contributed by atoms with Crippen LogP contribution >= 0.6 is 57.9 Å². The number of nitrogens with zero attached hydrogens (tertiary/aromatic N) is 1. The van der Waals surface area contributed by atoms with Crippen molar-refractivity contribution in [2.24, 2.45) is 0 Å². The molecule has 0 radical (unpaired) electrons. The predicted molar refractivity (Wildman–Crippen MR) is 167 cm³/mol. The number of nitrogens with one attached hydrogen (secondary N) is 2. The van der Waals surface area contributed by atoms with E-state index in [2.05, 4.69) is 15.6 Å². The average molecular weight is 625 g/mol. The van der Waals surface area contributed by atoms with E-state index in [1.54, 1.807) is 30.3 Å². The minimum Gasteiger partial charge on any atom is -0.322 e. The van der Waals surface area contributed by atoms with Crippen LogP contribution in [-0.4, -0.2) is 16.8 Å². The quantitative estimate of drug-likeness (QED) is 0.169. The number of halogens is 3. The molecule has 200 valence electrons. The summed E-state index contributed by atoms with van der Waals surface area (Å²) in [7, 11) is 0. The van der Waals surface area contributed by atoms with E-state index in [1.807, 2.05) is 66.0 Å². The summed E-state index contributed by atoms with van der Waals surface area (Å²) in [6.07, 6.45) is 0. The molecule has 0 saturated carbocycles. The highest BCUT2D eigenvalue weighted by atomic mass is 35.5. The number of amides is 2. The van der Waals surface area contributed by atoms with E-state index in [0.29, 0.717) is 32.1 Å². The van der Waals surface area contributed by atoms with Gasteiger partial charge in [-0.2, -0.15) is 0 Å². The number of rotatable bonds is 8. The number of hydrogen-bond donors (Lipinski definition) is 2. The third-order valence-electron chi connectivity index (χ3n) is 5.77. The molecule has 1 unspecified atom stereocenters. The lowest BCUT2D eigenvalue weighted by Crippen LogP contribution is -2.19. The zero-order valence-corrected chi connectivity index (χ0v) is 24.5. The average Bonchev–Trinajstić information content (AvgIpc) is 3.41. The van der Waals surface area contributed by atoms with Crippen molar-refractivity contribution in [1.82, 2.24) is 4.98 Å².